The quantitative estimate of drug-likeness (QED) is 0.762. The number of carbonyl (C=O) groups excluding carboxylic acids is 2. The van der Waals surface area contributed by atoms with Crippen molar-refractivity contribution in [2.45, 2.75) is 13.0 Å². The van der Waals surface area contributed by atoms with Crippen LogP contribution < -0.4 is 0 Å². The van der Waals surface area contributed by atoms with E-state index in [2.05, 4.69) is 4.74 Å². The highest BCUT2D eigenvalue weighted by atomic mass is 19.1. The number of halogens is 1. The predicted octanol–water partition coefficient (Wildman–Crippen LogP) is 1.35. The molecule has 0 N–H and O–H groups in total. The summed E-state index contributed by atoms with van der Waals surface area (Å²) in [5.74, 6) is -1.31. The van der Waals surface area contributed by atoms with Gasteiger partial charge in [-0.2, -0.15) is 0 Å². The normalized spacial score (nSPS) is 19.1. The molecule has 0 aliphatic carbocycles. The van der Waals surface area contributed by atoms with Gasteiger partial charge in [0.25, 0.3) is 0 Å². The molecule has 1 heterocycles. The van der Waals surface area contributed by atoms with Crippen LogP contribution in [0.2, 0.25) is 0 Å². The van der Waals surface area contributed by atoms with E-state index in [1.165, 1.54) is 18.1 Å². The van der Waals surface area contributed by atoms with Crippen molar-refractivity contribution in [3.8, 4) is 0 Å². The van der Waals surface area contributed by atoms with Crippen molar-refractivity contribution >= 4 is 11.9 Å². The molecule has 0 radical (unpaired) electrons. The van der Waals surface area contributed by atoms with Gasteiger partial charge in [-0.05, 0) is 6.07 Å². The summed E-state index contributed by atoms with van der Waals surface area (Å²) in [6, 6.07) is 6.31. The summed E-state index contributed by atoms with van der Waals surface area (Å²) < 4.78 is 18.1. The highest BCUT2D eigenvalue weighted by Gasteiger charge is 2.35. The summed E-state index contributed by atoms with van der Waals surface area (Å²) in [4.78, 5) is 24.6. The van der Waals surface area contributed by atoms with E-state index in [1.807, 2.05) is 0 Å². The van der Waals surface area contributed by atoms with Crippen LogP contribution in [-0.4, -0.2) is 30.4 Å². The summed E-state index contributed by atoms with van der Waals surface area (Å²) >= 11 is 0. The van der Waals surface area contributed by atoms with Crippen molar-refractivity contribution in [1.29, 1.82) is 0 Å². The number of benzene rings is 1. The van der Waals surface area contributed by atoms with Crippen LogP contribution in [0.15, 0.2) is 24.3 Å². The first-order chi connectivity index (χ1) is 8.61. The molecule has 5 heteroatoms. The van der Waals surface area contributed by atoms with E-state index in [4.69, 9.17) is 0 Å². The van der Waals surface area contributed by atoms with E-state index < -0.39 is 5.92 Å². The summed E-state index contributed by atoms with van der Waals surface area (Å²) in [6.45, 7) is 0.485. The molecule has 1 aromatic carbocycles. The van der Waals surface area contributed by atoms with E-state index in [-0.39, 0.29) is 30.7 Å². The predicted molar refractivity (Wildman–Crippen MR) is 61.9 cm³/mol. The maximum Gasteiger partial charge on any atom is 0.310 e. The smallest absolute Gasteiger partial charge is 0.310 e. The monoisotopic (exact) mass is 251 g/mol. The third-order valence-corrected chi connectivity index (χ3v) is 3.07. The molecule has 96 valence electrons. The standard InChI is InChI=1S/C13H14FNO3/c1-18-13(17)10-6-12(16)15(8-10)7-9-4-2-3-5-11(9)14/h2-5,10H,6-8H2,1H3. The van der Waals surface area contributed by atoms with Gasteiger partial charge in [0.05, 0.1) is 13.0 Å². The third kappa shape index (κ3) is 2.50. The highest BCUT2D eigenvalue weighted by Crippen LogP contribution is 2.21. The minimum absolute atomic E-state index is 0.140. The molecule has 1 fully saturated rings. The molecule has 0 aromatic heterocycles. The van der Waals surface area contributed by atoms with Crippen molar-refractivity contribution in [1.82, 2.24) is 4.90 Å². The second-order valence-electron chi connectivity index (χ2n) is 4.29. The van der Waals surface area contributed by atoms with Crippen LogP contribution in [-0.2, 0) is 20.9 Å². The Balaban J connectivity index is 2.05. The van der Waals surface area contributed by atoms with E-state index in [0.29, 0.717) is 12.1 Å². The molecule has 0 spiro atoms. The maximum atomic E-state index is 13.5. The number of ether oxygens (including phenoxy) is 1. The highest BCUT2D eigenvalue weighted by molar-refractivity contribution is 5.86. The lowest BCUT2D eigenvalue weighted by molar-refractivity contribution is -0.145. The second-order valence-corrected chi connectivity index (χ2v) is 4.29. The molecule has 1 atom stereocenters. The lowest BCUT2D eigenvalue weighted by Crippen LogP contribution is -2.26. The molecule has 4 nitrogen and oxygen atoms in total. The average Bonchev–Trinajstić information content (AvgIpc) is 2.73. The number of hydrogen-bond donors (Lipinski definition) is 0. The molecule has 1 aliphatic rings. The maximum absolute atomic E-state index is 13.5. The van der Waals surface area contributed by atoms with Gasteiger partial charge >= 0.3 is 5.97 Å². The first-order valence-corrected chi connectivity index (χ1v) is 5.71. The Kier molecular flexibility index (Phi) is 3.60. The number of hydrogen-bond acceptors (Lipinski definition) is 3. The molecule has 1 aromatic rings. The number of carbonyl (C=O) groups is 2. The van der Waals surface area contributed by atoms with E-state index in [9.17, 15) is 14.0 Å². The average molecular weight is 251 g/mol. The molecule has 1 amide bonds. The topological polar surface area (TPSA) is 46.6 Å². The molecule has 2 rings (SSSR count). The summed E-state index contributed by atoms with van der Waals surface area (Å²) in [6.07, 6.45) is 0.140. The van der Waals surface area contributed by atoms with E-state index in [0.717, 1.165) is 0 Å². The number of esters is 1. The fraction of sp³-hybridized carbons (Fsp3) is 0.385. The Hall–Kier alpha value is -1.91. The molecule has 18 heavy (non-hydrogen) atoms. The van der Waals surface area contributed by atoms with Gasteiger partial charge in [0.2, 0.25) is 5.91 Å². The molecule has 0 saturated carbocycles. The first kappa shape index (κ1) is 12.5. The van der Waals surface area contributed by atoms with Gasteiger partial charge in [-0.15, -0.1) is 0 Å². The molecular weight excluding hydrogens is 237 g/mol. The summed E-state index contributed by atoms with van der Waals surface area (Å²) in [7, 11) is 1.30. The van der Waals surface area contributed by atoms with Crippen LogP contribution in [0.3, 0.4) is 0 Å². The number of rotatable bonds is 3. The zero-order valence-corrected chi connectivity index (χ0v) is 10.1. The molecule has 1 saturated heterocycles. The lowest BCUT2D eigenvalue weighted by atomic mass is 10.1. The fourth-order valence-electron chi connectivity index (χ4n) is 2.08. The summed E-state index contributed by atoms with van der Waals surface area (Å²) in [5, 5.41) is 0. The van der Waals surface area contributed by atoms with Crippen molar-refractivity contribution in [3.05, 3.63) is 35.6 Å². The summed E-state index contributed by atoms with van der Waals surface area (Å²) in [5.41, 5.74) is 0.455. The molecule has 0 bridgehead atoms. The largest absolute Gasteiger partial charge is 0.469 e. The van der Waals surface area contributed by atoms with Crippen molar-refractivity contribution in [3.63, 3.8) is 0 Å². The van der Waals surface area contributed by atoms with Crippen LogP contribution in [0.25, 0.3) is 0 Å². The van der Waals surface area contributed by atoms with E-state index >= 15 is 0 Å². The van der Waals surface area contributed by atoms with E-state index in [1.54, 1.807) is 18.2 Å². The first-order valence-electron chi connectivity index (χ1n) is 5.71. The lowest BCUT2D eigenvalue weighted by Gasteiger charge is -2.16. The SMILES string of the molecule is COC(=O)C1CC(=O)N(Cc2ccccc2F)C1. The number of methoxy groups -OCH3 is 1. The zero-order valence-electron chi connectivity index (χ0n) is 10.1. The zero-order chi connectivity index (χ0) is 13.1. The van der Waals surface area contributed by atoms with Gasteiger partial charge in [0.15, 0.2) is 0 Å². The van der Waals surface area contributed by atoms with Crippen molar-refractivity contribution < 1.29 is 18.7 Å². The van der Waals surface area contributed by atoms with Crippen LogP contribution in [0.4, 0.5) is 4.39 Å². The van der Waals surface area contributed by atoms with Gasteiger partial charge < -0.3 is 9.64 Å². The molecule has 1 aliphatic heterocycles. The number of amides is 1. The van der Waals surface area contributed by atoms with Crippen LogP contribution in [0.1, 0.15) is 12.0 Å². The van der Waals surface area contributed by atoms with Gasteiger partial charge in [-0.1, -0.05) is 18.2 Å². The number of likely N-dealkylation sites (tertiary alicyclic amines) is 1. The number of nitrogens with zero attached hydrogens (tertiary/aromatic N) is 1. The van der Waals surface area contributed by atoms with Crippen molar-refractivity contribution in [2.24, 2.45) is 5.92 Å². The fourth-order valence-corrected chi connectivity index (χ4v) is 2.08. The Morgan fingerprint density at radius 1 is 1.50 bits per heavy atom. The Labute approximate surface area is 104 Å². The Morgan fingerprint density at radius 3 is 2.89 bits per heavy atom. The third-order valence-electron chi connectivity index (χ3n) is 3.07. The van der Waals surface area contributed by atoms with Gasteiger partial charge in [-0.3, -0.25) is 9.59 Å². The Morgan fingerprint density at radius 2 is 2.22 bits per heavy atom. The van der Waals surface area contributed by atoms with Crippen LogP contribution >= 0.6 is 0 Å². The van der Waals surface area contributed by atoms with Crippen LogP contribution in [0.5, 0.6) is 0 Å². The van der Waals surface area contributed by atoms with Gasteiger partial charge in [-0.25, -0.2) is 4.39 Å². The molecule has 1 unspecified atom stereocenters. The van der Waals surface area contributed by atoms with Gasteiger partial charge in [0.1, 0.15) is 5.82 Å². The van der Waals surface area contributed by atoms with Crippen molar-refractivity contribution in [2.75, 3.05) is 13.7 Å². The van der Waals surface area contributed by atoms with Gasteiger partial charge in [0, 0.05) is 25.1 Å². The van der Waals surface area contributed by atoms with Crippen LogP contribution in [0, 0.1) is 11.7 Å². The minimum atomic E-state index is -0.436. The Bertz CT molecular complexity index is 475. The molecular formula is C13H14FNO3. The second kappa shape index (κ2) is 5.16. The minimum Gasteiger partial charge on any atom is -0.469 e.